The predicted octanol–water partition coefficient (Wildman–Crippen LogP) is 2.72. The van der Waals surface area contributed by atoms with Gasteiger partial charge in [-0.3, -0.25) is 0 Å². The van der Waals surface area contributed by atoms with E-state index in [1.165, 1.54) is 11.8 Å². The number of hydrogen-bond donors (Lipinski definition) is 0. The SMILES string of the molecule is CCc1noc(CSc2nnc(-c3ccccc3)n2C)n1. The Hall–Kier alpha value is -2.15. The molecule has 1 aromatic carbocycles. The van der Waals surface area contributed by atoms with Gasteiger partial charge in [-0.1, -0.05) is 54.2 Å². The third kappa shape index (κ3) is 2.97. The van der Waals surface area contributed by atoms with Crippen LogP contribution in [0.15, 0.2) is 40.0 Å². The Morgan fingerprint density at radius 3 is 2.71 bits per heavy atom. The molecule has 6 nitrogen and oxygen atoms in total. The van der Waals surface area contributed by atoms with Gasteiger partial charge < -0.3 is 9.09 Å². The molecule has 3 rings (SSSR count). The van der Waals surface area contributed by atoms with Crippen molar-refractivity contribution in [1.29, 1.82) is 0 Å². The van der Waals surface area contributed by atoms with E-state index in [4.69, 9.17) is 4.52 Å². The van der Waals surface area contributed by atoms with E-state index in [9.17, 15) is 0 Å². The van der Waals surface area contributed by atoms with Gasteiger partial charge in [0.25, 0.3) is 0 Å². The summed E-state index contributed by atoms with van der Waals surface area (Å²) in [4.78, 5) is 4.28. The second-order valence-electron chi connectivity index (χ2n) is 4.48. The van der Waals surface area contributed by atoms with Crippen molar-refractivity contribution < 1.29 is 4.52 Å². The van der Waals surface area contributed by atoms with E-state index in [0.29, 0.717) is 11.6 Å². The molecule has 7 heteroatoms. The van der Waals surface area contributed by atoms with Crippen LogP contribution < -0.4 is 0 Å². The quantitative estimate of drug-likeness (QED) is 0.675. The molecule has 21 heavy (non-hydrogen) atoms. The molecule has 2 heterocycles. The Kier molecular flexibility index (Phi) is 4.01. The number of nitrogens with zero attached hydrogens (tertiary/aromatic N) is 5. The number of thioether (sulfide) groups is 1. The first-order valence-corrected chi connectivity index (χ1v) is 7.65. The van der Waals surface area contributed by atoms with Crippen molar-refractivity contribution in [3.63, 3.8) is 0 Å². The molecule has 0 radical (unpaired) electrons. The molecule has 3 aromatic rings. The largest absolute Gasteiger partial charge is 0.338 e. The highest BCUT2D eigenvalue weighted by molar-refractivity contribution is 7.98. The van der Waals surface area contributed by atoms with Crippen LogP contribution >= 0.6 is 11.8 Å². The maximum atomic E-state index is 5.17. The Morgan fingerprint density at radius 2 is 2.00 bits per heavy atom. The van der Waals surface area contributed by atoms with E-state index in [1.54, 1.807) is 0 Å². The Labute approximate surface area is 126 Å². The lowest BCUT2D eigenvalue weighted by atomic mass is 10.2. The molecule has 0 saturated heterocycles. The molecule has 0 fully saturated rings. The number of aryl methyl sites for hydroxylation is 1. The lowest BCUT2D eigenvalue weighted by Crippen LogP contribution is -1.95. The maximum absolute atomic E-state index is 5.17. The lowest BCUT2D eigenvalue weighted by molar-refractivity contribution is 0.385. The van der Waals surface area contributed by atoms with Gasteiger partial charge in [0.2, 0.25) is 5.89 Å². The second-order valence-corrected chi connectivity index (χ2v) is 5.42. The van der Waals surface area contributed by atoms with Crippen molar-refractivity contribution in [2.24, 2.45) is 7.05 Å². The molecule has 0 atom stereocenters. The third-order valence-electron chi connectivity index (χ3n) is 3.02. The van der Waals surface area contributed by atoms with Crippen LogP contribution in [0.25, 0.3) is 11.4 Å². The molecule has 0 bridgehead atoms. The van der Waals surface area contributed by atoms with Crippen molar-refractivity contribution in [2.75, 3.05) is 0 Å². The van der Waals surface area contributed by atoms with Gasteiger partial charge in [0.15, 0.2) is 16.8 Å². The standard InChI is InChI=1S/C14H15N5OS/c1-3-11-15-12(20-18-11)9-21-14-17-16-13(19(14)2)10-7-5-4-6-8-10/h4-8H,3,9H2,1-2H3. The fraction of sp³-hybridized carbons (Fsp3) is 0.286. The topological polar surface area (TPSA) is 69.6 Å². The van der Waals surface area contributed by atoms with Gasteiger partial charge in [0.05, 0.1) is 5.75 Å². The van der Waals surface area contributed by atoms with Crippen LogP contribution in [0.3, 0.4) is 0 Å². The maximum Gasteiger partial charge on any atom is 0.237 e. The summed E-state index contributed by atoms with van der Waals surface area (Å²) >= 11 is 1.53. The minimum atomic E-state index is 0.591. The van der Waals surface area contributed by atoms with Crippen LogP contribution in [-0.4, -0.2) is 24.9 Å². The number of aromatic nitrogens is 5. The first kappa shape index (κ1) is 13.8. The zero-order valence-corrected chi connectivity index (χ0v) is 12.7. The zero-order valence-electron chi connectivity index (χ0n) is 11.9. The summed E-state index contributed by atoms with van der Waals surface area (Å²) in [6.07, 6.45) is 0.774. The van der Waals surface area contributed by atoms with E-state index < -0.39 is 0 Å². The van der Waals surface area contributed by atoms with Crippen LogP contribution in [-0.2, 0) is 19.2 Å². The summed E-state index contributed by atoms with van der Waals surface area (Å²) in [5.41, 5.74) is 1.05. The molecule has 0 aliphatic rings. The van der Waals surface area contributed by atoms with Gasteiger partial charge in [-0.25, -0.2) is 0 Å². The molecule has 0 unspecified atom stereocenters. The van der Waals surface area contributed by atoms with Crippen molar-refractivity contribution in [2.45, 2.75) is 24.3 Å². The second kappa shape index (κ2) is 6.09. The van der Waals surface area contributed by atoms with Crippen LogP contribution in [0, 0.1) is 0 Å². The summed E-state index contributed by atoms with van der Waals surface area (Å²) in [7, 11) is 1.95. The normalized spacial score (nSPS) is 11.0. The fourth-order valence-corrected chi connectivity index (χ4v) is 2.65. The summed E-state index contributed by atoms with van der Waals surface area (Å²) < 4.78 is 7.14. The molecule has 0 N–H and O–H groups in total. The van der Waals surface area contributed by atoms with Gasteiger partial charge >= 0.3 is 0 Å². The van der Waals surface area contributed by atoms with Crippen molar-refractivity contribution in [1.82, 2.24) is 24.9 Å². The highest BCUT2D eigenvalue weighted by Crippen LogP contribution is 2.24. The monoisotopic (exact) mass is 301 g/mol. The van der Waals surface area contributed by atoms with E-state index in [-0.39, 0.29) is 0 Å². The Balaban J connectivity index is 1.74. The van der Waals surface area contributed by atoms with Crippen molar-refractivity contribution in [3.05, 3.63) is 42.0 Å². The van der Waals surface area contributed by atoms with Gasteiger partial charge in [0.1, 0.15) is 0 Å². The molecule has 0 saturated carbocycles. The van der Waals surface area contributed by atoms with Crippen LogP contribution in [0.1, 0.15) is 18.6 Å². The minimum Gasteiger partial charge on any atom is -0.338 e. The summed E-state index contributed by atoms with van der Waals surface area (Å²) in [6.45, 7) is 2.00. The number of hydrogen-bond acceptors (Lipinski definition) is 6. The molecule has 0 amide bonds. The van der Waals surface area contributed by atoms with Gasteiger partial charge in [-0.05, 0) is 0 Å². The van der Waals surface area contributed by atoms with Crippen molar-refractivity contribution >= 4 is 11.8 Å². The smallest absolute Gasteiger partial charge is 0.237 e. The van der Waals surface area contributed by atoms with Gasteiger partial charge in [0, 0.05) is 19.0 Å². The first-order valence-electron chi connectivity index (χ1n) is 6.67. The minimum absolute atomic E-state index is 0.591. The van der Waals surface area contributed by atoms with Crippen LogP contribution in [0.4, 0.5) is 0 Å². The van der Waals surface area contributed by atoms with Gasteiger partial charge in [-0.2, -0.15) is 4.98 Å². The molecule has 108 valence electrons. The Morgan fingerprint density at radius 1 is 1.19 bits per heavy atom. The molecular weight excluding hydrogens is 286 g/mol. The predicted molar refractivity (Wildman–Crippen MR) is 79.7 cm³/mol. The molecular formula is C14H15N5OS. The highest BCUT2D eigenvalue weighted by Gasteiger charge is 2.12. The van der Waals surface area contributed by atoms with Crippen LogP contribution in [0.5, 0.6) is 0 Å². The van der Waals surface area contributed by atoms with Crippen molar-refractivity contribution in [3.8, 4) is 11.4 Å². The molecule has 2 aromatic heterocycles. The van der Waals surface area contributed by atoms with E-state index >= 15 is 0 Å². The first-order chi connectivity index (χ1) is 10.3. The average molecular weight is 301 g/mol. The van der Waals surface area contributed by atoms with E-state index in [1.807, 2.05) is 48.9 Å². The highest BCUT2D eigenvalue weighted by atomic mass is 32.2. The molecule has 0 spiro atoms. The number of rotatable bonds is 5. The summed E-state index contributed by atoms with van der Waals surface area (Å²) in [5.74, 6) is 2.78. The summed E-state index contributed by atoms with van der Waals surface area (Å²) in [6, 6.07) is 9.99. The third-order valence-corrected chi connectivity index (χ3v) is 4.02. The molecule has 0 aliphatic heterocycles. The number of benzene rings is 1. The Bertz CT molecular complexity index is 722. The van der Waals surface area contributed by atoms with Gasteiger partial charge in [-0.15, -0.1) is 10.2 Å². The lowest BCUT2D eigenvalue weighted by Gasteiger charge is -2.02. The van der Waals surface area contributed by atoms with E-state index in [0.717, 1.165) is 28.8 Å². The zero-order chi connectivity index (χ0) is 14.7. The average Bonchev–Trinajstić information content (AvgIpc) is 3.13. The summed E-state index contributed by atoms with van der Waals surface area (Å²) in [5, 5.41) is 13.2. The molecule has 0 aliphatic carbocycles. The van der Waals surface area contributed by atoms with Crippen LogP contribution in [0.2, 0.25) is 0 Å². The van der Waals surface area contributed by atoms with E-state index in [2.05, 4.69) is 20.3 Å². The fourth-order valence-electron chi connectivity index (χ4n) is 1.90.